The van der Waals surface area contributed by atoms with Crippen molar-refractivity contribution in [2.24, 2.45) is 0 Å². The van der Waals surface area contributed by atoms with Crippen LogP contribution in [0.2, 0.25) is 0 Å². The highest BCUT2D eigenvalue weighted by atomic mass is 32.2. The van der Waals surface area contributed by atoms with Crippen molar-refractivity contribution in [1.29, 1.82) is 0 Å². The molecule has 0 aliphatic rings. The van der Waals surface area contributed by atoms with Crippen LogP contribution in [0.15, 0.2) is 22.2 Å². The maximum absolute atomic E-state index is 12.5. The Hall–Kier alpha value is -1.49. The molecule has 10 heteroatoms. The summed E-state index contributed by atoms with van der Waals surface area (Å²) in [5.41, 5.74) is 0.492. The standard InChI is InChI=1S/C13H17N3O5S2/c1-22-13-14-8-10-7-9(3-5-17)12(18)16(11(10)15-13)4-2-6-23(19,20)21/h7-8,17H,2-6H2,1H3,(H,19,20,21). The lowest BCUT2D eigenvalue weighted by Crippen LogP contribution is -2.26. The summed E-state index contributed by atoms with van der Waals surface area (Å²) in [7, 11) is -4.09. The van der Waals surface area contributed by atoms with Crippen LogP contribution in [0.1, 0.15) is 12.0 Å². The normalized spacial score (nSPS) is 12.0. The van der Waals surface area contributed by atoms with E-state index in [0.717, 1.165) is 0 Å². The maximum atomic E-state index is 12.5. The minimum atomic E-state index is -4.09. The zero-order valence-electron chi connectivity index (χ0n) is 12.5. The van der Waals surface area contributed by atoms with Gasteiger partial charge >= 0.3 is 0 Å². The summed E-state index contributed by atoms with van der Waals surface area (Å²) in [6.45, 7) is -0.0747. The second-order valence-corrected chi connectivity index (χ2v) is 7.22. The first-order valence-corrected chi connectivity index (χ1v) is 9.68. The van der Waals surface area contributed by atoms with Gasteiger partial charge in [-0.1, -0.05) is 11.8 Å². The van der Waals surface area contributed by atoms with E-state index < -0.39 is 15.9 Å². The summed E-state index contributed by atoms with van der Waals surface area (Å²) in [6, 6.07) is 1.64. The molecule has 0 aromatic carbocycles. The molecule has 8 nitrogen and oxygen atoms in total. The molecule has 2 rings (SSSR count). The molecule has 0 spiro atoms. The Morgan fingerprint density at radius 1 is 1.39 bits per heavy atom. The Labute approximate surface area is 137 Å². The second kappa shape index (κ2) is 7.39. The van der Waals surface area contributed by atoms with Crippen LogP contribution in [0.25, 0.3) is 11.0 Å². The van der Waals surface area contributed by atoms with Crippen molar-refractivity contribution >= 4 is 32.9 Å². The van der Waals surface area contributed by atoms with Gasteiger partial charge in [-0.2, -0.15) is 8.42 Å². The Bertz CT molecular complexity index is 864. The number of hydrogen-bond donors (Lipinski definition) is 2. The Kier molecular flexibility index (Phi) is 5.74. The van der Waals surface area contributed by atoms with Crippen LogP contribution in [0.5, 0.6) is 0 Å². The van der Waals surface area contributed by atoms with Gasteiger partial charge in [0.15, 0.2) is 5.16 Å². The number of aliphatic hydroxyl groups is 1. The van der Waals surface area contributed by atoms with Gasteiger partial charge in [-0.25, -0.2) is 9.97 Å². The number of nitrogens with zero attached hydrogens (tertiary/aromatic N) is 3. The van der Waals surface area contributed by atoms with E-state index in [1.807, 2.05) is 6.26 Å². The van der Waals surface area contributed by atoms with Crippen molar-refractivity contribution < 1.29 is 18.1 Å². The largest absolute Gasteiger partial charge is 0.396 e. The van der Waals surface area contributed by atoms with Crippen molar-refractivity contribution in [3.63, 3.8) is 0 Å². The van der Waals surface area contributed by atoms with Crippen molar-refractivity contribution in [3.8, 4) is 0 Å². The predicted octanol–water partition coefficient (Wildman–Crippen LogP) is 0.326. The third kappa shape index (κ3) is 4.50. The lowest BCUT2D eigenvalue weighted by molar-refractivity contribution is 0.299. The average molecular weight is 359 g/mol. The molecular weight excluding hydrogens is 342 g/mol. The molecule has 0 amide bonds. The third-order valence-corrected chi connectivity index (χ3v) is 4.59. The molecule has 2 aromatic heterocycles. The molecular formula is C13H17N3O5S2. The molecule has 126 valence electrons. The fraction of sp³-hybridized carbons (Fsp3) is 0.462. The van der Waals surface area contributed by atoms with Gasteiger partial charge in [-0.3, -0.25) is 13.9 Å². The molecule has 2 aromatic rings. The van der Waals surface area contributed by atoms with Gasteiger partial charge in [-0.05, 0) is 18.7 Å². The van der Waals surface area contributed by atoms with Crippen LogP contribution in [-0.4, -0.2) is 51.2 Å². The first-order valence-electron chi connectivity index (χ1n) is 6.85. The number of aliphatic hydroxyl groups excluding tert-OH is 1. The lowest BCUT2D eigenvalue weighted by atomic mass is 10.1. The quantitative estimate of drug-likeness (QED) is 0.412. The summed E-state index contributed by atoms with van der Waals surface area (Å²) in [5.74, 6) is -0.439. The third-order valence-electron chi connectivity index (χ3n) is 3.23. The van der Waals surface area contributed by atoms with E-state index in [9.17, 15) is 13.2 Å². The molecule has 23 heavy (non-hydrogen) atoms. The van der Waals surface area contributed by atoms with Gasteiger partial charge in [-0.15, -0.1) is 0 Å². The zero-order valence-corrected chi connectivity index (χ0v) is 14.1. The minimum Gasteiger partial charge on any atom is -0.396 e. The lowest BCUT2D eigenvalue weighted by Gasteiger charge is -2.12. The topological polar surface area (TPSA) is 122 Å². The van der Waals surface area contributed by atoms with E-state index in [1.54, 1.807) is 12.3 Å². The fourth-order valence-corrected chi connectivity index (χ4v) is 3.04. The van der Waals surface area contributed by atoms with Crippen molar-refractivity contribution in [2.75, 3.05) is 18.6 Å². The molecule has 0 saturated carbocycles. The zero-order chi connectivity index (χ0) is 17.0. The average Bonchev–Trinajstić information content (AvgIpc) is 2.49. The number of pyridine rings is 1. The van der Waals surface area contributed by atoms with Crippen LogP contribution in [0.3, 0.4) is 0 Å². The highest BCUT2D eigenvalue weighted by Crippen LogP contribution is 2.16. The smallest absolute Gasteiger partial charge is 0.264 e. The summed E-state index contributed by atoms with van der Waals surface area (Å²) in [5, 5.41) is 10.2. The van der Waals surface area contributed by atoms with E-state index in [0.29, 0.717) is 21.8 Å². The van der Waals surface area contributed by atoms with Crippen LogP contribution in [0.4, 0.5) is 0 Å². The molecule has 0 aliphatic heterocycles. The van der Waals surface area contributed by atoms with Gasteiger partial charge in [0.2, 0.25) is 0 Å². The van der Waals surface area contributed by atoms with Gasteiger partial charge in [0.05, 0.1) is 5.75 Å². The van der Waals surface area contributed by atoms with E-state index in [2.05, 4.69) is 9.97 Å². The summed E-state index contributed by atoms with van der Waals surface area (Å²) in [4.78, 5) is 21.0. The summed E-state index contributed by atoms with van der Waals surface area (Å²) < 4.78 is 31.9. The Morgan fingerprint density at radius 2 is 2.13 bits per heavy atom. The van der Waals surface area contributed by atoms with Crippen LogP contribution < -0.4 is 5.56 Å². The van der Waals surface area contributed by atoms with Crippen LogP contribution in [-0.2, 0) is 23.1 Å². The monoisotopic (exact) mass is 359 g/mol. The van der Waals surface area contributed by atoms with Gasteiger partial charge < -0.3 is 5.11 Å². The Balaban J connectivity index is 2.52. The molecule has 2 N–H and O–H groups in total. The number of rotatable bonds is 7. The number of fused-ring (bicyclic) bond motifs is 1. The van der Waals surface area contributed by atoms with E-state index in [1.165, 1.54) is 16.3 Å². The first kappa shape index (κ1) is 17.9. The molecule has 0 fully saturated rings. The highest BCUT2D eigenvalue weighted by molar-refractivity contribution is 7.98. The van der Waals surface area contributed by atoms with Gasteiger partial charge in [0.25, 0.3) is 15.7 Å². The Morgan fingerprint density at radius 3 is 2.74 bits per heavy atom. The number of aryl methyl sites for hydroxylation is 1. The highest BCUT2D eigenvalue weighted by Gasteiger charge is 2.13. The van der Waals surface area contributed by atoms with Crippen molar-refractivity contribution in [2.45, 2.75) is 24.5 Å². The molecule has 0 saturated heterocycles. The molecule has 0 aliphatic carbocycles. The number of hydrogen-bond acceptors (Lipinski definition) is 7. The van der Waals surface area contributed by atoms with Crippen LogP contribution in [0, 0.1) is 0 Å². The molecule has 2 heterocycles. The van der Waals surface area contributed by atoms with Crippen LogP contribution >= 0.6 is 11.8 Å². The number of thioether (sulfide) groups is 1. The second-order valence-electron chi connectivity index (χ2n) is 4.88. The maximum Gasteiger partial charge on any atom is 0.264 e. The van der Waals surface area contributed by atoms with Crippen molar-refractivity contribution in [1.82, 2.24) is 14.5 Å². The van der Waals surface area contributed by atoms with Crippen molar-refractivity contribution in [3.05, 3.63) is 28.2 Å². The summed E-state index contributed by atoms with van der Waals surface area (Å²) >= 11 is 1.33. The molecule has 0 bridgehead atoms. The van der Waals surface area contributed by atoms with Gasteiger partial charge in [0.1, 0.15) is 5.65 Å². The van der Waals surface area contributed by atoms with E-state index in [4.69, 9.17) is 9.66 Å². The number of aromatic nitrogens is 3. The SMILES string of the molecule is CSc1ncc2cc(CCO)c(=O)n(CCCS(=O)(=O)O)c2n1. The molecule has 0 radical (unpaired) electrons. The predicted molar refractivity (Wildman–Crippen MR) is 87.4 cm³/mol. The first-order chi connectivity index (χ1) is 10.9. The van der Waals surface area contributed by atoms with E-state index in [-0.39, 0.29) is 31.6 Å². The summed E-state index contributed by atoms with van der Waals surface area (Å²) in [6.07, 6.45) is 3.67. The minimum absolute atomic E-state index is 0.0784. The molecule has 0 atom stereocenters. The van der Waals surface area contributed by atoms with E-state index >= 15 is 0 Å². The van der Waals surface area contributed by atoms with Gasteiger partial charge in [0, 0.05) is 36.7 Å². The fourth-order valence-electron chi connectivity index (χ4n) is 2.21. The molecule has 0 unspecified atom stereocenters.